The summed E-state index contributed by atoms with van der Waals surface area (Å²) < 4.78 is 1.76. The van der Waals surface area contributed by atoms with Gasteiger partial charge in [-0.25, -0.2) is 9.97 Å². The zero-order valence-electron chi connectivity index (χ0n) is 24.0. The van der Waals surface area contributed by atoms with Crippen LogP contribution in [0, 0.1) is 6.92 Å². The Morgan fingerprint density at radius 3 is 2.36 bits per heavy atom. The van der Waals surface area contributed by atoms with Crippen LogP contribution in [0.1, 0.15) is 15.9 Å². The number of piperazine rings is 1. The first-order valence-electron chi connectivity index (χ1n) is 13.9. The number of rotatable bonds is 7. The molecule has 1 aliphatic heterocycles. The third-order valence-electron chi connectivity index (χ3n) is 7.44. The van der Waals surface area contributed by atoms with Crippen LogP contribution in [0.2, 0.25) is 0 Å². The van der Waals surface area contributed by atoms with Crippen LogP contribution in [0.15, 0.2) is 85.5 Å². The van der Waals surface area contributed by atoms with Crippen LogP contribution in [0.25, 0.3) is 22.5 Å². The van der Waals surface area contributed by atoms with E-state index in [4.69, 9.17) is 4.98 Å². The van der Waals surface area contributed by atoms with Crippen LogP contribution >= 0.6 is 0 Å². The molecule has 10 nitrogen and oxygen atoms in total. The fraction of sp³-hybridized carbons (Fsp3) is 0.219. The lowest BCUT2D eigenvalue weighted by molar-refractivity contribution is 0.102. The van der Waals surface area contributed by atoms with Gasteiger partial charge in [-0.1, -0.05) is 6.07 Å². The molecule has 0 radical (unpaired) electrons. The maximum Gasteiger partial charge on any atom is 0.255 e. The Hall–Kier alpha value is -5.09. The topological polar surface area (TPSA) is 104 Å². The summed E-state index contributed by atoms with van der Waals surface area (Å²) in [4.78, 5) is 31.4. The number of benzene rings is 2. The molecule has 42 heavy (non-hydrogen) atoms. The highest BCUT2D eigenvalue weighted by Gasteiger charge is 2.15. The van der Waals surface area contributed by atoms with Crippen molar-refractivity contribution in [3.05, 3.63) is 96.6 Å². The molecule has 0 unspecified atom stereocenters. The molecule has 1 saturated heterocycles. The number of pyridine rings is 1. The molecule has 1 amide bonds. The van der Waals surface area contributed by atoms with Crippen molar-refractivity contribution in [1.29, 1.82) is 0 Å². The number of carbonyl (C=O) groups is 1. The van der Waals surface area contributed by atoms with Gasteiger partial charge in [0, 0.05) is 91.8 Å². The summed E-state index contributed by atoms with van der Waals surface area (Å²) in [7, 11) is 4.03. The molecule has 3 aromatic heterocycles. The molecule has 212 valence electrons. The Labute approximate surface area is 245 Å². The lowest BCUT2D eigenvalue weighted by atomic mass is 10.1. The molecule has 0 spiro atoms. The first-order chi connectivity index (χ1) is 20.4. The smallest absolute Gasteiger partial charge is 0.255 e. The van der Waals surface area contributed by atoms with Crippen molar-refractivity contribution in [3.8, 4) is 22.5 Å². The first-order valence-corrected chi connectivity index (χ1v) is 13.9. The molecule has 4 heterocycles. The number of hydrogen-bond donors (Lipinski definition) is 2. The van der Waals surface area contributed by atoms with E-state index in [2.05, 4.69) is 54.7 Å². The molecule has 1 aliphatic rings. The van der Waals surface area contributed by atoms with Crippen LogP contribution in [0.5, 0.6) is 0 Å². The SMILES string of the molecule is Cc1ccc(C(=O)Nc2ccc(N3CCN(C)CC3)cc2)cc1Nc1nccc(-c2cncc(-c3ccn(C)n3)c2)n1. The number of anilines is 4. The van der Waals surface area contributed by atoms with Gasteiger partial charge in [0.2, 0.25) is 5.95 Å². The Bertz CT molecular complexity index is 1710. The number of aryl methyl sites for hydroxylation is 2. The van der Waals surface area contributed by atoms with Gasteiger partial charge in [0.1, 0.15) is 0 Å². The minimum Gasteiger partial charge on any atom is -0.369 e. The van der Waals surface area contributed by atoms with Gasteiger partial charge >= 0.3 is 0 Å². The summed E-state index contributed by atoms with van der Waals surface area (Å²) in [5, 5.41) is 10.8. The average Bonchev–Trinajstić information content (AvgIpc) is 3.45. The van der Waals surface area contributed by atoms with E-state index in [1.807, 2.05) is 68.7 Å². The van der Waals surface area contributed by atoms with E-state index in [1.54, 1.807) is 23.3 Å². The van der Waals surface area contributed by atoms with Crippen LogP contribution in [-0.2, 0) is 7.05 Å². The van der Waals surface area contributed by atoms with Gasteiger partial charge in [-0.3, -0.25) is 14.5 Å². The van der Waals surface area contributed by atoms with Gasteiger partial charge in [-0.2, -0.15) is 5.10 Å². The van der Waals surface area contributed by atoms with E-state index in [0.29, 0.717) is 11.5 Å². The van der Waals surface area contributed by atoms with E-state index in [1.165, 1.54) is 5.69 Å². The van der Waals surface area contributed by atoms with E-state index in [9.17, 15) is 4.79 Å². The lowest BCUT2D eigenvalue weighted by Gasteiger charge is -2.34. The highest BCUT2D eigenvalue weighted by Crippen LogP contribution is 2.26. The average molecular weight is 560 g/mol. The third kappa shape index (κ3) is 6.13. The molecule has 5 aromatic rings. The van der Waals surface area contributed by atoms with E-state index >= 15 is 0 Å². The quantitative estimate of drug-likeness (QED) is 0.287. The zero-order valence-corrected chi connectivity index (χ0v) is 24.0. The number of nitrogens with zero attached hydrogens (tertiary/aromatic N) is 7. The number of nitrogens with one attached hydrogen (secondary N) is 2. The van der Waals surface area contributed by atoms with E-state index in [-0.39, 0.29) is 5.91 Å². The van der Waals surface area contributed by atoms with E-state index < -0.39 is 0 Å². The van der Waals surface area contributed by atoms with Crippen molar-refractivity contribution in [1.82, 2.24) is 29.6 Å². The maximum absolute atomic E-state index is 13.1. The number of likely N-dealkylation sites (N-methyl/N-ethyl adjacent to an activating group) is 1. The summed E-state index contributed by atoms with van der Waals surface area (Å²) in [5.41, 5.74) is 7.52. The molecule has 2 N–H and O–H groups in total. The van der Waals surface area contributed by atoms with Crippen molar-refractivity contribution in [3.63, 3.8) is 0 Å². The van der Waals surface area contributed by atoms with Gasteiger partial charge in [-0.05, 0) is 74.1 Å². The van der Waals surface area contributed by atoms with Crippen LogP contribution < -0.4 is 15.5 Å². The van der Waals surface area contributed by atoms with Gasteiger partial charge in [-0.15, -0.1) is 0 Å². The summed E-state index contributed by atoms with van der Waals surface area (Å²) in [5.74, 6) is 0.244. The minimum atomic E-state index is -0.183. The Balaban J connectivity index is 1.15. The van der Waals surface area contributed by atoms with Gasteiger partial charge < -0.3 is 20.4 Å². The predicted octanol–water partition coefficient (Wildman–Crippen LogP) is 5.00. The number of amides is 1. The number of hydrogen-bond acceptors (Lipinski definition) is 8. The molecule has 10 heteroatoms. The van der Waals surface area contributed by atoms with Crippen molar-refractivity contribution in [2.24, 2.45) is 7.05 Å². The largest absolute Gasteiger partial charge is 0.369 e. The van der Waals surface area contributed by atoms with Gasteiger partial charge in [0.05, 0.1) is 11.4 Å². The molecule has 0 aliphatic carbocycles. The molecule has 0 saturated carbocycles. The van der Waals surface area contributed by atoms with Gasteiger partial charge in [0.25, 0.3) is 5.91 Å². The molecule has 1 fully saturated rings. The molecule has 2 aromatic carbocycles. The van der Waals surface area contributed by atoms with Crippen molar-refractivity contribution < 1.29 is 4.79 Å². The molecule has 0 atom stereocenters. The fourth-order valence-electron chi connectivity index (χ4n) is 4.91. The highest BCUT2D eigenvalue weighted by atomic mass is 16.1. The fourth-order valence-corrected chi connectivity index (χ4v) is 4.91. The monoisotopic (exact) mass is 559 g/mol. The predicted molar refractivity (Wildman–Crippen MR) is 166 cm³/mol. The second-order valence-electron chi connectivity index (χ2n) is 10.5. The molecular formula is C32H33N9O. The van der Waals surface area contributed by atoms with Crippen molar-refractivity contribution >= 4 is 28.9 Å². The Morgan fingerprint density at radius 1 is 0.857 bits per heavy atom. The number of carbonyl (C=O) groups excluding carboxylic acids is 1. The maximum atomic E-state index is 13.1. The van der Waals surface area contributed by atoms with Gasteiger partial charge in [0.15, 0.2) is 0 Å². The summed E-state index contributed by atoms with van der Waals surface area (Å²) >= 11 is 0. The second kappa shape index (κ2) is 11.8. The molecule has 6 rings (SSSR count). The van der Waals surface area contributed by atoms with Crippen molar-refractivity contribution in [2.45, 2.75) is 6.92 Å². The normalized spacial score (nSPS) is 13.6. The number of aromatic nitrogens is 5. The first kappa shape index (κ1) is 27.1. The van der Waals surface area contributed by atoms with Crippen LogP contribution in [0.3, 0.4) is 0 Å². The molecular weight excluding hydrogens is 526 g/mol. The Morgan fingerprint density at radius 2 is 1.62 bits per heavy atom. The third-order valence-corrected chi connectivity index (χ3v) is 7.44. The summed E-state index contributed by atoms with van der Waals surface area (Å²) in [6.07, 6.45) is 7.16. The second-order valence-corrected chi connectivity index (χ2v) is 10.5. The lowest BCUT2D eigenvalue weighted by Crippen LogP contribution is -2.44. The zero-order chi connectivity index (χ0) is 29.1. The Kier molecular flexibility index (Phi) is 7.61. The molecule has 0 bridgehead atoms. The standard InChI is InChI=1S/C32H33N9O/c1-22-4-5-23(31(42)35-26-6-8-27(9-7-26)41-16-14-39(2)15-17-41)19-30(22)37-32-34-12-10-28(36-32)24-18-25(21-33-20-24)29-11-13-40(3)38-29/h4-13,18-21H,14-17H2,1-3H3,(H,35,42)(H,34,36,37). The minimum absolute atomic E-state index is 0.183. The summed E-state index contributed by atoms with van der Waals surface area (Å²) in [6, 6.07) is 19.4. The van der Waals surface area contributed by atoms with Crippen molar-refractivity contribution in [2.75, 3.05) is 48.8 Å². The van der Waals surface area contributed by atoms with E-state index in [0.717, 1.165) is 65.6 Å². The van der Waals surface area contributed by atoms with Crippen LogP contribution in [0.4, 0.5) is 23.0 Å². The van der Waals surface area contributed by atoms with Crippen LogP contribution in [-0.4, -0.2) is 68.8 Å². The highest BCUT2D eigenvalue weighted by molar-refractivity contribution is 6.05. The summed E-state index contributed by atoms with van der Waals surface area (Å²) in [6.45, 7) is 6.08.